The van der Waals surface area contributed by atoms with Crippen molar-refractivity contribution in [2.75, 3.05) is 6.54 Å². The molecule has 1 aliphatic heterocycles. The van der Waals surface area contributed by atoms with Crippen molar-refractivity contribution in [3.8, 4) is 5.88 Å². The van der Waals surface area contributed by atoms with Gasteiger partial charge in [-0.15, -0.1) is 0 Å². The molecule has 1 saturated carbocycles. The molecule has 0 N–H and O–H groups in total. The highest BCUT2D eigenvalue weighted by Gasteiger charge is 2.45. The van der Waals surface area contributed by atoms with Gasteiger partial charge in [0.05, 0.1) is 12.2 Å². The molecule has 2 bridgehead atoms. The zero-order chi connectivity index (χ0) is 11.8. The van der Waals surface area contributed by atoms with Crippen LogP contribution < -0.4 is 4.74 Å². The number of piperidine rings is 1. The molecule has 17 heavy (non-hydrogen) atoms. The van der Waals surface area contributed by atoms with Crippen molar-refractivity contribution >= 4 is 6.41 Å². The maximum Gasteiger partial charge on any atom is 0.213 e. The quantitative estimate of drug-likeness (QED) is 0.741. The summed E-state index contributed by atoms with van der Waals surface area (Å²) < 4.78 is 18.4. The van der Waals surface area contributed by atoms with Crippen molar-refractivity contribution in [1.29, 1.82) is 0 Å². The van der Waals surface area contributed by atoms with E-state index >= 15 is 0 Å². The highest BCUT2D eigenvalue weighted by Crippen LogP contribution is 2.38. The van der Waals surface area contributed by atoms with Crippen LogP contribution in [0.25, 0.3) is 0 Å². The maximum absolute atomic E-state index is 12.7. The van der Waals surface area contributed by atoms with Crippen LogP contribution in [0, 0.1) is 11.7 Å². The van der Waals surface area contributed by atoms with Gasteiger partial charge in [0.2, 0.25) is 12.3 Å². The molecule has 0 unspecified atom stereocenters. The van der Waals surface area contributed by atoms with Crippen LogP contribution in [0.15, 0.2) is 18.3 Å². The molecule has 2 fully saturated rings. The summed E-state index contributed by atoms with van der Waals surface area (Å²) in [7, 11) is 0. The molecular weight excluding hydrogens is 223 g/mol. The number of rotatable bonds is 3. The van der Waals surface area contributed by atoms with Crippen LogP contribution in [0.3, 0.4) is 0 Å². The Labute approximate surface area is 98.4 Å². The van der Waals surface area contributed by atoms with Crippen molar-refractivity contribution < 1.29 is 13.9 Å². The molecule has 2 aliphatic rings. The van der Waals surface area contributed by atoms with Crippen molar-refractivity contribution in [3.05, 3.63) is 24.1 Å². The largest absolute Gasteiger partial charge is 0.472 e. The zero-order valence-electron chi connectivity index (χ0n) is 9.25. The number of halogens is 1. The molecule has 1 saturated heterocycles. The third-order valence-electron chi connectivity index (χ3n) is 3.57. The Morgan fingerprint density at radius 2 is 2.35 bits per heavy atom. The number of carbonyl (C=O) groups is 1. The van der Waals surface area contributed by atoms with Gasteiger partial charge in [-0.05, 0) is 24.8 Å². The lowest BCUT2D eigenvalue weighted by atomic mass is 10.1. The third-order valence-corrected chi connectivity index (χ3v) is 3.57. The van der Waals surface area contributed by atoms with Gasteiger partial charge in [0.15, 0.2) is 0 Å². The average molecular weight is 236 g/mol. The van der Waals surface area contributed by atoms with Crippen molar-refractivity contribution in [3.63, 3.8) is 0 Å². The Bertz CT molecular complexity index is 423. The number of nitrogens with zero attached hydrogens (tertiary/aromatic N) is 2. The smallest absolute Gasteiger partial charge is 0.213 e. The molecule has 1 aliphatic carbocycles. The minimum absolute atomic E-state index is 0.00286. The van der Waals surface area contributed by atoms with Gasteiger partial charge in [-0.1, -0.05) is 0 Å². The summed E-state index contributed by atoms with van der Waals surface area (Å²) in [5.74, 6) is 0.588. The fraction of sp³-hybridized carbons (Fsp3) is 0.500. The Morgan fingerprint density at radius 1 is 1.47 bits per heavy atom. The lowest BCUT2D eigenvalue weighted by Gasteiger charge is -2.30. The average Bonchev–Trinajstić information content (AvgIpc) is 2.91. The molecule has 90 valence electrons. The zero-order valence-corrected chi connectivity index (χ0v) is 9.25. The van der Waals surface area contributed by atoms with Crippen LogP contribution in [0.5, 0.6) is 5.88 Å². The first-order valence-electron chi connectivity index (χ1n) is 5.75. The molecule has 1 amide bonds. The summed E-state index contributed by atoms with van der Waals surface area (Å²) >= 11 is 0. The van der Waals surface area contributed by atoms with Gasteiger partial charge < -0.3 is 9.64 Å². The fourth-order valence-corrected chi connectivity index (χ4v) is 2.84. The van der Waals surface area contributed by atoms with Gasteiger partial charge in [-0.2, -0.15) is 0 Å². The minimum Gasteiger partial charge on any atom is -0.472 e. The van der Waals surface area contributed by atoms with Crippen molar-refractivity contribution in [2.45, 2.75) is 25.0 Å². The number of amides is 1. The number of carbonyl (C=O) groups excluding carboxylic acids is 1. The van der Waals surface area contributed by atoms with E-state index in [0.29, 0.717) is 11.8 Å². The van der Waals surface area contributed by atoms with E-state index in [-0.39, 0.29) is 18.0 Å². The van der Waals surface area contributed by atoms with Gasteiger partial charge in [0, 0.05) is 12.6 Å². The molecule has 3 atom stereocenters. The van der Waals surface area contributed by atoms with E-state index in [1.165, 1.54) is 12.1 Å². The standard InChI is InChI=1S/C12H13FN2O2/c13-9-1-2-12(14-5-9)17-11-4-8-3-10(11)15(6-8)7-16/h1-2,5,7-8,10-11H,3-4,6H2/t8-,10+,11-/m1/s1. The van der Waals surface area contributed by atoms with Crippen LogP contribution in [0.1, 0.15) is 12.8 Å². The molecule has 0 aromatic carbocycles. The summed E-state index contributed by atoms with van der Waals surface area (Å²) in [6.45, 7) is 0.838. The first-order valence-corrected chi connectivity index (χ1v) is 5.75. The van der Waals surface area contributed by atoms with E-state index < -0.39 is 0 Å². The molecular formula is C12H13FN2O2. The third kappa shape index (κ3) is 1.85. The minimum atomic E-state index is -0.375. The van der Waals surface area contributed by atoms with E-state index in [1.807, 2.05) is 0 Å². The highest BCUT2D eigenvalue weighted by atomic mass is 19.1. The second kappa shape index (κ2) is 3.98. The Hall–Kier alpha value is -1.65. The molecule has 4 nitrogen and oxygen atoms in total. The molecule has 1 aromatic rings. The van der Waals surface area contributed by atoms with Crippen LogP contribution in [-0.2, 0) is 4.79 Å². The van der Waals surface area contributed by atoms with Gasteiger partial charge >= 0.3 is 0 Å². The van der Waals surface area contributed by atoms with E-state index in [4.69, 9.17) is 4.74 Å². The van der Waals surface area contributed by atoms with E-state index in [0.717, 1.165) is 32.0 Å². The topological polar surface area (TPSA) is 42.4 Å². The first-order chi connectivity index (χ1) is 8.26. The van der Waals surface area contributed by atoms with Crippen molar-refractivity contribution in [2.24, 2.45) is 5.92 Å². The van der Waals surface area contributed by atoms with E-state index in [9.17, 15) is 9.18 Å². The Balaban J connectivity index is 1.70. The molecule has 2 heterocycles. The number of ether oxygens (including phenoxy) is 1. The summed E-state index contributed by atoms with van der Waals surface area (Å²) in [6, 6.07) is 3.00. The summed E-state index contributed by atoms with van der Waals surface area (Å²) in [4.78, 5) is 16.5. The fourth-order valence-electron chi connectivity index (χ4n) is 2.84. The second-order valence-electron chi connectivity index (χ2n) is 4.68. The summed E-state index contributed by atoms with van der Waals surface area (Å²) in [5, 5.41) is 0. The number of likely N-dealkylation sites (tertiary alicyclic amines) is 1. The molecule has 0 radical (unpaired) electrons. The molecule has 5 heteroatoms. The van der Waals surface area contributed by atoms with E-state index in [1.54, 1.807) is 4.90 Å². The maximum atomic E-state index is 12.7. The normalized spacial score (nSPS) is 30.6. The van der Waals surface area contributed by atoms with Crippen LogP contribution >= 0.6 is 0 Å². The number of aromatic nitrogens is 1. The Kier molecular flexibility index (Phi) is 2.46. The summed E-state index contributed by atoms with van der Waals surface area (Å²) in [6.07, 6.45) is 3.98. The van der Waals surface area contributed by atoms with Crippen LogP contribution in [0.4, 0.5) is 4.39 Å². The summed E-state index contributed by atoms with van der Waals surface area (Å²) in [5.41, 5.74) is 0. The lowest BCUT2D eigenvalue weighted by molar-refractivity contribution is -0.121. The van der Waals surface area contributed by atoms with Gasteiger partial charge in [0.1, 0.15) is 11.9 Å². The number of pyridine rings is 1. The van der Waals surface area contributed by atoms with Gasteiger partial charge in [0.25, 0.3) is 0 Å². The van der Waals surface area contributed by atoms with Crippen LogP contribution in [0.2, 0.25) is 0 Å². The predicted molar refractivity (Wildman–Crippen MR) is 57.9 cm³/mol. The second-order valence-corrected chi connectivity index (χ2v) is 4.68. The van der Waals surface area contributed by atoms with Gasteiger partial charge in [-0.25, -0.2) is 9.37 Å². The SMILES string of the molecule is O=CN1C[C@H]2C[C@@H](Oc3ccc(F)cn3)[C@@H]1C2. The number of fused-ring (bicyclic) bond motifs is 2. The Morgan fingerprint density at radius 3 is 3.00 bits per heavy atom. The molecule has 1 aromatic heterocycles. The number of hydrogen-bond acceptors (Lipinski definition) is 3. The van der Waals surface area contributed by atoms with Crippen molar-refractivity contribution in [1.82, 2.24) is 9.88 Å². The highest BCUT2D eigenvalue weighted by molar-refractivity contribution is 5.49. The predicted octanol–water partition coefficient (Wildman–Crippen LogP) is 1.22. The monoisotopic (exact) mass is 236 g/mol. The first kappa shape index (κ1) is 10.5. The molecule has 3 rings (SSSR count). The van der Waals surface area contributed by atoms with E-state index in [2.05, 4.69) is 4.98 Å². The van der Waals surface area contributed by atoms with Crippen LogP contribution in [-0.4, -0.2) is 35.0 Å². The number of hydrogen-bond donors (Lipinski definition) is 0. The van der Waals surface area contributed by atoms with Gasteiger partial charge in [-0.3, -0.25) is 4.79 Å². The lowest BCUT2D eigenvalue weighted by Crippen LogP contribution is -2.43. The molecule has 0 spiro atoms.